The summed E-state index contributed by atoms with van der Waals surface area (Å²) in [5.74, 6) is 0. The van der Waals surface area contributed by atoms with Gasteiger partial charge in [-0.15, -0.1) is 12.4 Å². The van der Waals surface area contributed by atoms with Gasteiger partial charge in [-0.1, -0.05) is 182 Å². The standard InChI is InChI=1S/C48H54N3O3P.ClH/c1-7-19-43(20-8-1)37-49(38-44-21-9-2-10-22-44)31-34-52-55(53-35-32-50(39-45-23-11-3-12-24-45)40-46-25-13-4-14-26-46)54-36-33-51(41-47-27-15-5-16-28-47)42-48-29-17-6-18-30-48;/h1-30H,31-42H2;1H. The molecule has 6 aromatic rings. The van der Waals surface area contributed by atoms with Crippen LogP contribution in [0.2, 0.25) is 0 Å². The highest BCUT2D eigenvalue weighted by molar-refractivity contribution is 7.41. The summed E-state index contributed by atoms with van der Waals surface area (Å²) in [6, 6.07) is 63.9. The minimum absolute atomic E-state index is 0. The van der Waals surface area contributed by atoms with Crippen LogP contribution in [0.25, 0.3) is 0 Å². The third-order valence-electron chi connectivity index (χ3n) is 9.31. The van der Waals surface area contributed by atoms with Crippen molar-refractivity contribution in [2.75, 3.05) is 39.5 Å². The lowest BCUT2D eigenvalue weighted by molar-refractivity contribution is 0.112. The molecule has 0 unspecified atom stereocenters. The van der Waals surface area contributed by atoms with Gasteiger partial charge in [-0.05, 0) is 33.4 Å². The first-order valence-corrected chi connectivity index (χ1v) is 20.4. The zero-order valence-corrected chi connectivity index (χ0v) is 33.9. The fourth-order valence-electron chi connectivity index (χ4n) is 6.54. The van der Waals surface area contributed by atoms with Gasteiger partial charge < -0.3 is 13.6 Å². The molecule has 0 radical (unpaired) electrons. The van der Waals surface area contributed by atoms with Gasteiger partial charge in [0.1, 0.15) is 0 Å². The Balaban J connectivity index is 0.00000600. The molecule has 0 aliphatic rings. The van der Waals surface area contributed by atoms with Crippen molar-refractivity contribution in [1.82, 2.24) is 14.7 Å². The molecule has 0 spiro atoms. The van der Waals surface area contributed by atoms with Crippen LogP contribution >= 0.6 is 21.0 Å². The molecule has 0 aliphatic carbocycles. The number of halogens is 1. The van der Waals surface area contributed by atoms with E-state index in [0.717, 1.165) is 58.9 Å². The predicted octanol–water partition coefficient (Wildman–Crippen LogP) is 10.8. The third kappa shape index (κ3) is 16.1. The Hall–Kier alpha value is -4.20. The second kappa shape index (κ2) is 25.1. The molecule has 0 fully saturated rings. The summed E-state index contributed by atoms with van der Waals surface area (Å²) in [6.07, 6.45) is 0. The highest BCUT2D eigenvalue weighted by Crippen LogP contribution is 2.39. The predicted molar refractivity (Wildman–Crippen MR) is 233 cm³/mol. The first-order valence-electron chi connectivity index (χ1n) is 19.3. The van der Waals surface area contributed by atoms with Gasteiger partial charge in [0.05, 0.1) is 19.8 Å². The number of hydrogen-bond acceptors (Lipinski definition) is 6. The minimum Gasteiger partial charge on any atom is -0.311 e. The summed E-state index contributed by atoms with van der Waals surface area (Å²) in [6.45, 7) is 8.75. The topological polar surface area (TPSA) is 37.4 Å². The SMILES string of the molecule is Cl.c1ccc(CN(CCOP(OCCN(Cc2ccccc2)Cc2ccccc2)OCCN(Cc2ccccc2)Cc2ccccc2)Cc2ccccc2)cc1. The zero-order valence-electron chi connectivity index (χ0n) is 32.2. The van der Waals surface area contributed by atoms with Gasteiger partial charge in [-0.3, -0.25) is 14.7 Å². The van der Waals surface area contributed by atoms with Gasteiger partial charge in [0.25, 0.3) is 0 Å². The van der Waals surface area contributed by atoms with Crippen LogP contribution in [0, 0.1) is 0 Å². The first kappa shape index (κ1) is 42.9. The van der Waals surface area contributed by atoms with E-state index in [-0.39, 0.29) is 12.4 Å². The maximum absolute atomic E-state index is 6.53. The van der Waals surface area contributed by atoms with Crippen molar-refractivity contribution in [2.24, 2.45) is 0 Å². The molecule has 0 saturated carbocycles. The van der Waals surface area contributed by atoms with Crippen molar-refractivity contribution < 1.29 is 13.6 Å². The molecular weight excluding hydrogens is 733 g/mol. The molecular formula is C48H55ClN3O3P. The van der Waals surface area contributed by atoms with Gasteiger partial charge in [-0.2, -0.15) is 0 Å². The van der Waals surface area contributed by atoms with Gasteiger partial charge in [0.2, 0.25) is 0 Å². The van der Waals surface area contributed by atoms with Crippen molar-refractivity contribution in [1.29, 1.82) is 0 Å². The van der Waals surface area contributed by atoms with Crippen LogP contribution in [0.4, 0.5) is 0 Å². The Morgan fingerprint density at radius 3 is 0.643 bits per heavy atom. The summed E-state index contributed by atoms with van der Waals surface area (Å²) < 4.78 is 19.6. The maximum atomic E-state index is 6.53. The smallest absolute Gasteiger partial charge is 0.311 e. The Kier molecular flexibility index (Phi) is 19.3. The van der Waals surface area contributed by atoms with E-state index < -0.39 is 8.60 Å². The molecule has 0 heterocycles. The minimum atomic E-state index is -1.59. The molecule has 0 saturated heterocycles. The summed E-state index contributed by atoms with van der Waals surface area (Å²) in [7, 11) is -1.59. The quantitative estimate of drug-likeness (QED) is 0.0569. The van der Waals surface area contributed by atoms with Crippen molar-refractivity contribution >= 4 is 21.0 Å². The monoisotopic (exact) mass is 787 g/mol. The maximum Gasteiger partial charge on any atom is 0.332 e. The Morgan fingerprint density at radius 2 is 0.464 bits per heavy atom. The van der Waals surface area contributed by atoms with Crippen LogP contribution in [-0.2, 0) is 52.8 Å². The lowest BCUT2D eigenvalue weighted by Gasteiger charge is -2.26. The van der Waals surface area contributed by atoms with Crippen molar-refractivity contribution in [3.05, 3.63) is 215 Å². The van der Waals surface area contributed by atoms with E-state index >= 15 is 0 Å². The molecule has 0 bridgehead atoms. The van der Waals surface area contributed by atoms with Gasteiger partial charge in [0, 0.05) is 58.9 Å². The van der Waals surface area contributed by atoms with E-state index in [2.05, 4.69) is 197 Å². The normalized spacial score (nSPS) is 11.4. The number of rotatable bonds is 24. The second-order valence-electron chi connectivity index (χ2n) is 13.8. The third-order valence-corrected chi connectivity index (χ3v) is 10.5. The van der Waals surface area contributed by atoms with E-state index in [0.29, 0.717) is 19.8 Å². The average Bonchev–Trinajstić information content (AvgIpc) is 3.23. The lowest BCUT2D eigenvalue weighted by atomic mass is 10.1. The average molecular weight is 788 g/mol. The summed E-state index contributed by atoms with van der Waals surface area (Å²) in [5, 5.41) is 0. The van der Waals surface area contributed by atoms with E-state index in [1.165, 1.54) is 33.4 Å². The van der Waals surface area contributed by atoms with Crippen molar-refractivity contribution in [3.8, 4) is 0 Å². The molecule has 6 aromatic carbocycles. The summed E-state index contributed by atoms with van der Waals surface area (Å²) in [5.41, 5.74) is 7.68. The molecule has 0 amide bonds. The Labute approximate surface area is 342 Å². The molecule has 6 nitrogen and oxygen atoms in total. The molecule has 8 heteroatoms. The molecule has 0 N–H and O–H groups in total. The van der Waals surface area contributed by atoms with Crippen molar-refractivity contribution in [2.45, 2.75) is 39.3 Å². The van der Waals surface area contributed by atoms with Crippen LogP contribution in [0.3, 0.4) is 0 Å². The summed E-state index contributed by atoms with van der Waals surface area (Å²) in [4.78, 5) is 7.29. The highest BCUT2D eigenvalue weighted by atomic mass is 35.5. The molecule has 292 valence electrons. The number of nitrogens with zero attached hydrogens (tertiary/aromatic N) is 3. The number of benzene rings is 6. The molecule has 6 rings (SSSR count). The largest absolute Gasteiger partial charge is 0.332 e. The molecule has 56 heavy (non-hydrogen) atoms. The van der Waals surface area contributed by atoms with Gasteiger partial charge >= 0.3 is 8.60 Å². The Morgan fingerprint density at radius 1 is 0.286 bits per heavy atom. The first-order chi connectivity index (χ1) is 27.2. The lowest BCUT2D eigenvalue weighted by Crippen LogP contribution is -2.28. The number of hydrogen-bond donors (Lipinski definition) is 0. The van der Waals surface area contributed by atoms with Crippen LogP contribution in [0.15, 0.2) is 182 Å². The van der Waals surface area contributed by atoms with Crippen LogP contribution < -0.4 is 0 Å². The highest BCUT2D eigenvalue weighted by Gasteiger charge is 2.18. The van der Waals surface area contributed by atoms with Crippen molar-refractivity contribution in [3.63, 3.8) is 0 Å². The molecule has 0 aromatic heterocycles. The van der Waals surface area contributed by atoms with Crippen LogP contribution in [0.5, 0.6) is 0 Å². The second-order valence-corrected chi connectivity index (χ2v) is 15.0. The fourth-order valence-corrected chi connectivity index (χ4v) is 7.45. The molecule has 0 atom stereocenters. The van der Waals surface area contributed by atoms with E-state index in [1.807, 2.05) is 0 Å². The Bertz CT molecular complexity index is 1520. The van der Waals surface area contributed by atoms with E-state index in [9.17, 15) is 0 Å². The van der Waals surface area contributed by atoms with E-state index in [4.69, 9.17) is 13.6 Å². The van der Waals surface area contributed by atoms with Crippen LogP contribution in [-0.4, -0.2) is 54.2 Å². The van der Waals surface area contributed by atoms with Gasteiger partial charge in [-0.25, -0.2) is 0 Å². The van der Waals surface area contributed by atoms with Crippen LogP contribution in [0.1, 0.15) is 33.4 Å². The van der Waals surface area contributed by atoms with Gasteiger partial charge in [0.15, 0.2) is 0 Å². The molecule has 0 aliphatic heterocycles. The summed E-state index contributed by atoms with van der Waals surface area (Å²) >= 11 is 0. The van der Waals surface area contributed by atoms with E-state index in [1.54, 1.807) is 0 Å². The zero-order chi connectivity index (χ0) is 37.6. The fraction of sp³-hybridized carbons (Fsp3) is 0.250.